The normalized spacial score (nSPS) is 25.3. The Kier molecular flexibility index (Phi) is 4.99. The van der Waals surface area contributed by atoms with Crippen molar-refractivity contribution in [3.05, 3.63) is 47.7 Å². The lowest BCUT2D eigenvalue weighted by Crippen LogP contribution is -2.52. The molecular formula is C21H25FN4O3S. The van der Waals surface area contributed by atoms with Crippen molar-refractivity contribution in [2.45, 2.75) is 49.1 Å². The third kappa shape index (κ3) is 3.81. The Balaban J connectivity index is 1.24. The molecule has 3 heterocycles. The zero-order valence-electron chi connectivity index (χ0n) is 16.9. The van der Waals surface area contributed by atoms with Gasteiger partial charge in [-0.05, 0) is 43.5 Å². The van der Waals surface area contributed by atoms with E-state index in [1.54, 1.807) is 19.3 Å². The minimum Gasteiger partial charge on any atom is -0.472 e. The first-order chi connectivity index (χ1) is 14.4. The fourth-order valence-electron chi connectivity index (χ4n) is 4.46. The predicted molar refractivity (Wildman–Crippen MR) is 108 cm³/mol. The van der Waals surface area contributed by atoms with Crippen LogP contribution in [0.5, 0.6) is 5.88 Å². The second kappa shape index (κ2) is 7.55. The molecule has 30 heavy (non-hydrogen) atoms. The SMILES string of the molecule is Cc1cc(F)ccc1S(=O)(=O)N1CCN2C[C@@H](Oc3cnc(C4CC4)cn3)C[C@H]2C1. The van der Waals surface area contributed by atoms with Gasteiger partial charge in [0.15, 0.2) is 0 Å². The summed E-state index contributed by atoms with van der Waals surface area (Å²) in [5.41, 5.74) is 1.46. The van der Waals surface area contributed by atoms with Crippen molar-refractivity contribution in [3.8, 4) is 5.88 Å². The number of piperazine rings is 1. The molecule has 1 aromatic heterocycles. The molecule has 160 valence electrons. The second-order valence-electron chi connectivity index (χ2n) is 8.45. The highest BCUT2D eigenvalue weighted by molar-refractivity contribution is 7.89. The summed E-state index contributed by atoms with van der Waals surface area (Å²) in [6.45, 7) is 3.85. The number of halogens is 1. The number of fused-ring (bicyclic) bond motifs is 1. The van der Waals surface area contributed by atoms with E-state index in [2.05, 4.69) is 14.9 Å². The molecule has 0 unspecified atom stereocenters. The van der Waals surface area contributed by atoms with E-state index in [0.29, 0.717) is 37.0 Å². The van der Waals surface area contributed by atoms with Gasteiger partial charge in [-0.25, -0.2) is 17.8 Å². The maximum Gasteiger partial charge on any atom is 0.243 e. The van der Waals surface area contributed by atoms with Crippen LogP contribution in [0, 0.1) is 12.7 Å². The summed E-state index contributed by atoms with van der Waals surface area (Å²) < 4.78 is 47.2. The number of aryl methyl sites for hydroxylation is 1. The predicted octanol–water partition coefficient (Wildman–Crippen LogP) is 2.33. The van der Waals surface area contributed by atoms with Crippen LogP contribution in [0.3, 0.4) is 0 Å². The molecule has 0 bridgehead atoms. The smallest absolute Gasteiger partial charge is 0.243 e. The molecule has 1 aliphatic carbocycles. The molecule has 5 rings (SSSR count). The summed E-state index contributed by atoms with van der Waals surface area (Å²) in [7, 11) is -3.65. The molecule has 2 saturated heterocycles. The Labute approximate surface area is 175 Å². The van der Waals surface area contributed by atoms with E-state index in [-0.39, 0.29) is 17.0 Å². The van der Waals surface area contributed by atoms with Crippen LogP contribution in [-0.2, 0) is 10.0 Å². The summed E-state index contributed by atoms with van der Waals surface area (Å²) >= 11 is 0. The Morgan fingerprint density at radius 3 is 2.67 bits per heavy atom. The topological polar surface area (TPSA) is 75.6 Å². The third-order valence-electron chi connectivity index (χ3n) is 6.23. The van der Waals surface area contributed by atoms with Crippen molar-refractivity contribution in [1.29, 1.82) is 0 Å². The van der Waals surface area contributed by atoms with Gasteiger partial charge in [0.05, 0.1) is 23.0 Å². The Morgan fingerprint density at radius 2 is 1.97 bits per heavy atom. The number of hydrogen-bond acceptors (Lipinski definition) is 6. The van der Waals surface area contributed by atoms with Gasteiger partial charge >= 0.3 is 0 Å². The molecule has 7 nitrogen and oxygen atoms in total. The monoisotopic (exact) mass is 432 g/mol. The quantitative estimate of drug-likeness (QED) is 0.722. The van der Waals surface area contributed by atoms with E-state index < -0.39 is 15.8 Å². The molecule has 3 aliphatic rings. The van der Waals surface area contributed by atoms with Crippen LogP contribution in [-0.4, -0.2) is 65.9 Å². The summed E-state index contributed by atoms with van der Waals surface area (Å²) in [5.74, 6) is 0.653. The van der Waals surface area contributed by atoms with Crippen molar-refractivity contribution < 1.29 is 17.5 Å². The summed E-state index contributed by atoms with van der Waals surface area (Å²) in [5, 5.41) is 0. The molecule has 9 heteroatoms. The van der Waals surface area contributed by atoms with Gasteiger partial charge in [0.2, 0.25) is 15.9 Å². The lowest BCUT2D eigenvalue weighted by Gasteiger charge is -2.36. The van der Waals surface area contributed by atoms with E-state index in [9.17, 15) is 12.8 Å². The number of nitrogens with zero attached hydrogens (tertiary/aromatic N) is 4. The molecule has 1 aromatic carbocycles. The number of aromatic nitrogens is 2. The molecule has 1 saturated carbocycles. The van der Waals surface area contributed by atoms with Gasteiger partial charge < -0.3 is 4.74 Å². The van der Waals surface area contributed by atoms with Crippen LogP contribution in [0.15, 0.2) is 35.5 Å². The van der Waals surface area contributed by atoms with Gasteiger partial charge in [0, 0.05) is 44.6 Å². The van der Waals surface area contributed by atoms with Gasteiger partial charge in [0.1, 0.15) is 11.9 Å². The summed E-state index contributed by atoms with van der Waals surface area (Å²) in [6.07, 6.45) is 6.57. The standard InChI is InChI=1S/C21H25FN4O3S/c1-14-8-16(22)4-5-20(14)30(27,28)26-7-6-25-13-18(9-17(25)12-26)29-21-11-23-19(10-24-21)15-2-3-15/h4-5,8,10-11,15,17-18H,2-3,6-7,9,12-13H2,1H3/t17-,18-/m0/s1. The Morgan fingerprint density at radius 1 is 1.13 bits per heavy atom. The largest absolute Gasteiger partial charge is 0.472 e. The third-order valence-corrected chi connectivity index (χ3v) is 8.25. The minimum atomic E-state index is -3.65. The maximum atomic E-state index is 13.4. The minimum absolute atomic E-state index is 0.0358. The second-order valence-corrected chi connectivity index (χ2v) is 10.4. The van der Waals surface area contributed by atoms with Gasteiger partial charge in [-0.15, -0.1) is 0 Å². The first-order valence-corrected chi connectivity index (χ1v) is 11.8. The molecule has 2 atom stereocenters. The van der Waals surface area contributed by atoms with Crippen molar-refractivity contribution in [2.24, 2.45) is 0 Å². The maximum absolute atomic E-state index is 13.4. The van der Waals surface area contributed by atoms with E-state index in [4.69, 9.17) is 4.74 Å². The molecule has 0 N–H and O–H groups in total. The van der Waals surface area contributed by atoms with Gasteiger partial charge in [-0.1, -0.05) is 0 Å². The number of ether oxygens (including phenoxy) is 1. The summed E-state index contributed by atoms with van der Waals surface area (Å²) in [4.78, 5) is 11.3. The van der Waals surface area contributed by atoms with Crippen molar-refractivity contribution in [3.63, 3.8) is 0 Å². The first-order valence-electron chi connectivity index (χ1n) is 10.4. The van der Waals surface area contributed by atoms with E-state index in [1.165, 1.54) is 35.3 Å². The number of benzene rings is 1. The molecular weight excluding hydrogens is 407 g/mol. The molecule has 3 fully saturated rings. The van der Waals surface area contributed by atoms with Crippen LogP contribution < -0.4 is 4.74 Å². The van der Waals surface area contributed by atoms with Crippen LogP contribution >= 0.6 is 0 Å². The lowest BCUT2D eigenvalue weighted by atomic mass is 10.2. The fourth-order valence-corrected chi connectivity index (χ4v) is 6.13. The van der Waals surface area contributed by atoms with Gasteiger partial charge in [-0.2, -0.15) is 4.31 Å². The number of hydrogen-bond donors (Lipinski definition) is 0. The van der Waals surface area contributed by atoms with Crippen LogP contribution in [0.1, 0.15) is 36.4 Å². The highest BCUT2D eigenvalue weighted by atomic mass is 32.2. The molecule has 2 aromatic rings. The van der Waals surface area contributed by atoms with Crippen molar-refractivity contribution in [1.82, 2.24) is 19.2 Å². The average molecular weight is 433 g/mol. The van der Waals surface area contributed by atoms with Crippen LogP contribution in [0.2, 0.25) is 0 Å². The molecule has 2 aliphatic heterocycles. The number of sulfonamides is 1. The van der Waals surface area contributed by atoms with Crippen LogP contribution in [0.4, 0.5) is 4.39 Å². The van der Waals surface area contributed by atoms with E-state index in [0.717, 1.165) is 18.7 Å². The molecule has 0 spiro atoms. The van der Waals surface area contributed by atoms with Gasteiger partial charge in [-0.3, -0.25) is 9.88 Å². The highest BCUT2D eigenvalue weighted by Gasteiger charge is 2.41. The van der Waals surface area contributed by atoms with Crippen molar-refractivity contribution in [2.75, 3.05) is 26.2 Å². The molecule has 0 radical (unpaired) electrons. The number of rotatable bonds is 5. The first kappa shape index (κ1) is 19.8. The zero-order valence-corrected chi connectivity index (χ0v) is 17.7. The fraction of sp³-hybridized carbons (Fsp3) is 0.524. The lowest BCUT2D eigenvalue weighted by molar-refractivity contribution is 0.151. The van der Waals surface area contributed by atoms with Crippen molar-refractivity contribution >= 4 is 10.0 Å². The van der Waals surface area contributed by atoms with Crippen LogP contribution in [0.25, 0.3) is 0 Å². The Hall–Kier alpha value is -2.10. The van der Waals surface area contributed by atoms with E-state index >= 15 is 0 Å². The molecule has 0 amide bonds. The van der Waals surface area contributed by atoms with E-state index in [1.807, 2.05) is 0 Å². The zero-order chi connectivity index (χ0) is 20.9. The average Bonchev–Trinajstić information content (AvgIpc) is 3.48. The summed E-state index contributed by atoms with van der Waals surface area (Å²) in [6, 6.07) is 3.91. The Bertz CT molecular complexity index is 1040. The highest BCUT2D eigenvalue weighted by Crippen LogP contribution is 2.38. The van der Waals surface area contributed by atoms with Gasteiger partial charge in [0.25, 0.3) is 0 Å².